The van der Waals surface area contributed by atoms with Crippen molar-refractivity contribution >= 4 is 13.3 Å². The van der Waals surface area contributed by atoms with Crippen molar-refractivity contribution in [1.82, 2.24) is 0 Å². The van der Waals surface area contributed by atoms with Gasteiger partial charge in [-0.2, -0.15) is 0 Å². The van der Waals surface area contributed by atoms with Crippen molar-refractivity contribution in [2.75, 3.05) is 6.61 Å². The molecule has 0 radical (unpaired) electrons. The van der Waals surface area contributed by atoms with E-state index in [9.17, 15) is 4.79 Å². The zero-order chi connectivity index (χ0) is 8.69. The standard InChI is InChI=1S/C5H9BO5/c1-5(7)10-3-2-4-11-6(8)9/h2,4,8-9H,3H2,1H3. The van der Waals surface area contributed by atoms with Gasteiger partial charge in [0, 0.05) is 6.92 Å². The van der Waals surface area contributed by atoms with Crippen molar-refractivity contribution in [3.05, 3.63) is 12.3 Å². The molecule has 0 bridgehead atoms. The van der Waals surface area contributed by atoms with Crippen LogP contribution in [0.15, 0.2) is 12.3 Å². The second-order valence-electron chi connectivity index (χ2n) is 1.64. The molecule has 2 N–H and O–H groups in total. The second-order valence-corrected chi connectivity index (χ2v) is 1.64. The molecule has 0 aliphatic carbocycles. The first-order valence-corrected chi connectivity index (χ1v) is 2.93. The van der Waals surface area contributed by atoms with E-state index in [-0.39, 0.29) is 6.61 Å². The highest BCUT2D eigenvalue weighted by molar-refractivity contribution is 6.32. The Morgan fingerprint density at radius 3 is 2.73 bits per heavy atom. The molecule has 0 rings (SSSR count). The molecule has 6 heteroatoms. The lowest BCUT2D eigenvalue weighted by Crippen LogP contribution is -2.12. The smallest absolute Gasteiger partial charge is 0.519 e. The predicted octanol–water partition coefficient (Wildman–Crippen LogP) is -0.951. The summed E-state index contributed by atoms with van der Waals surface area (Å²) in [7, 11) is -1.83. The van der Waals surface area contributed by atoms with Gasteiger partial charge in [0.1, 0.15) is 6.61 Å². The van der Waals surface area contributed by atoms with Crippen molar-refractivity contribution in [3.8, 4) is 0 Å². The monoisotopic (exact) mass is 160 g/mol. The number of rotatable bonds is 4. The summed E-state index contributed by atoms with van der Waals surface area (Å²) in [6, 6.07) is 0. The quantitative estimate of drug-likeness (QED) is 0.315. The van der Waals surface area contributed by atoms with Gasteiger partial charge in [-0.3, -0.25) is 4.79 Å². The Morgan fingerprint density at radius 1 is 1.64 bits per heavy atom. The summed E-state index contributed by atoms with van der Waals surface area (Å²) in [6.45, 7) is 1.33. The van der Waals surface area contributed by atoms with E-state index in [1.807, 2.05) is 0 Å². The van der Waals surface area contributed by atoms with Gasteiger partial charge in [0.05, 0.1) is 6.26 Å². The lowest BCUT2D eigenvalue weighted by molar-refractivity contribution is -0.139. The Kier molecular flexibility index (Phi) is 5.23. The van der Waals surface area contributed by atoms with E-state index < -0.39 is 13.3 Å². The summed E-state index contributed by atoms with van der Waals surface area (Å²) in [5, 5.41) is 16.3. The van der Waals surface area contributed by atoms with Gasteiger partial charge >= 0.3 is 13.3 Å². The number of esters is 1. The third kappa shape index (κ3) is 8.99. The Balaban J connectivity index is 3.23. The average molecular weight is 160 g/mol. The molecule has 0 aromatic carbocycles. The molecule has 0 aromatic rings. The van der Waals surface area contributed by atoms with Crippen LogP contribution >= 0.6 is 0 Å². The first-order valence-electron chi connectivity index (χ1n) is 2.93. The van der Waals surface area contributed by atoms with E-state index in [1.54, 1.807) is 0 Å². The van der Waals surface area contributed by atoms with Gasteiger partial charge in [-0.1, -0.05) is 0 Å². The molecule has 0 fully saturated rings. The average Bonchev–Trinajstić information content (AvgIpc) is 1.85. The molecule has 0 spiro atoms. The molecule has 0 aliphatic heterocycles. The number of hydrogen-bond donors (Lipinski definition) is 2. The Bertz CT molecular complexity index is 144. The fraction of sp³-hybridized carbons (Fsp3) is 0.400. The lowest BCUT2D eigenvalue weighted by Gasteiger charge is -1.96. The third-order valence-electron chi connectivity index (χ3n) is 0.679. The summed E-state index contributed by atoms with van der Waals surface area (Å²) in [5.74, 6) is -0.404. The maximum absolute atomic E-state index is 10.1. The van der Waals surface area contributed by atoms with Crippen LogP contribution in [-0.2, 0) is 14.2 Å². The molecule has 0 saturated heterocycles. The van der Waals surface area contributed by atoms with E-state index in [1.165, 1.54) is 13.0 Å². The number of carbonyl (C=O) groups excluding carboxylic acids is 1. The number of ether oxygens (including phenoxy) is 1. The molecule has 0 saturated carbocycles. The molecule has 0 heterocycles. The molecule has 0 aromatic heterocycles. The first-order chi connectivity index (χ1) is 5.13. The van der Waals surface area contributed by atoms with Gasteiger partial charge < -0.3 is 19.4 Å². The topological polar surface area (TPSA) is 76.0 Å². The fourth-order valence-electron chi connectivity index (χ4n) is 0.331. The summed E-state index contributed by atoms with van der Waals surface area (Å²) in [4.78, 5) is 10.1. The van der Waals surface area contributed by atoms with Gasteiger partial charge in [-0.05, 0) is 6.08 Å². The van der Waals surface area contributed by atoms with Crippen molar-refractivity contribution in [2.45, 2.75) is 6.92 Å². The van der Waals surface area contributed by atoms with E-state index in [0.717, 1.165) is 6.26 Å². The van der Waals surface area contributed by atoms with Crippen LogP contribution in [0.25, 0.3) is 0 Å². The van der Waals surface area contributed by atoms with Crippen LogP contribution in [0, 0.1) is 0 Å². The first kappa shape index (κ1) is 9.99. The maximum atomic E-state index is 10.1. The highest BCUT2D eigenvalue weighted by Crippen LogP contribution is 1.81. The summed E-state index contributed by atoms with van der Waals surface area (Å²) in [5.41, 5.74) is 0. The van der Waals surface area contributed by atoms with Crippen LogP contribution in [0.1, 0.15) is 6.92 Å². The highest BCUT2D eigenvalue weighted by atomic mass is 16.6. The van der Waals surface area contributed by atoms with Gasteiger partial charge in [-0.25, -0.2) is 0 Å². The molecule has 62 valence electrons. The minimum absolute atomic E-state index is 0.0576. The zero-order valence-corrected chi connectivity index (χ0v) is 6.06. The van der Waals surface area contributed by atoms with Crippen molar-refractivity contribution in [2.24, 2.45) is 0 Å². The molecule has 5 nitrogen and oxygen atoms in total. The third-order valence-corrected chi connectivity index (χ3v) is 0.679. The van der Waals surface area contributed by atoms with Crippen LogP contribution in [0.4, 0.5) is 0 Å². The van der Waals surface area contributed by atoms with E-state index in [2.05, 4.69) is 9.39 Å². The normalized spacial score (nSPS) is 9.73. The molecular formula is C5H9BO5. The highest BCUT2D eigenvalue weighted by Gasteiger charge is 2.05. The van der Waals surface area contributed by atoms with Gasteiger partial charge in [-0.15, -0.1) is 0 Å². The SMILES string of the molecule is CC(=O)OCC=COB(O)O. The van der Waals surface area contributed by atoms with Crippen molar-refractivity contribution in [1.29, 1.82) is 0 Å². The molecular weight excluding hydrogens is 151 g/mol. The van der Waals surface area contributed by atoms with E-state index >= 15 is 0 Å². The number of carbonyl (C=O) groups is 1. The Morgan fingerprint density at radius 2 is 2.27 bits per heavy atom. The molecule has 0 amide bonds. The Hall–Kier alpha value is -1.01. The van der Waals surface area contributed by atoms with Crippen LogP contribution in [0.5, 0.6) is 0 Å². The largest absolute Gasteiger partial charge is 0.707 e. The molecule has 11 heavy (non-hydrogen) atoms. The predicted molar refractivity (Wildman–Crippen MR) is 37.0 cm³/mol. The van der Waals surface area contributed by atoms with Gasteiger partial charge in [0.25, 0.3) is 0 Å². The van der Waals surface area contributed by atoms with Gasteiger partial charge in [0.2, 0.25) is 0 Å². The minimum atomic E-state index is -1.83. The zero-order valence-electron chi connectivity index (χ0n) is 6.06. The van der Waals surface area contributed by atoms with E-state index in [0.29, 0.717) is 0 Å². The van der Waals surface area contributed by atoms with Crippen LogP contribution in [0.2, 0.25) is 0 Å². The minimum Gasteiger partial charge on any atom is -0.519 e. The summed E-state index contributed by atoms with van der Waals surface area (Å²) >= 11 is 0. The Labute approximate surface area is 64.4 Å². The molecule has 0 unspecified atom stereocenters. The molecule has 0 atom stereocenters. The second kappa shape index (κ2) is 5.76. The van der Waals surface area contributed by atoms with E-state index in [4.69, 9.17) is 10.0 Å². The van der Waals surface area contributed by atoms with Crippen LogP contribution < -0.4 is 0 Å². The summed E-state index contributed by atoms with van der Waals surface area (Å²) in [6.07, 6.45) is 2.37. The van der Waals surface area contributed by atoms with Crippen molar-refractivity contribution < 1.29 is 24.2 Å². The maximum Gasteiger partial charge on any atom is 0.707 e. The van der Waals surface area contributed by atoms with Crippen LogP contribution in [0.3, 0.4) is 0 Å². The summed E-state index contributed by atoms with van der Waals surface area (Å²) < 4.78 is 8.62. The number of hydrogen-bond acceptors (Lipinski definition) is 5. The van der Waals surface area contributed by atoms with Crippen LogP contribution in [-0.4, -0.2) is 29.9 Å². The van der Waals surface area contributed by atoms with Crippen molar-refractivity contribution in [3.63, 3.8) is 0 Å². The molecule has 0 aliphatic rings. The van der Waals surface area contributed by atoms with Gasteiger partial charge in [0.15, 0.2) is 0 Å². The lowest BCUT2D eigenvalue weighted by atomic mass is 10.3. The fourth-order valence-corrected chi connectivity index (χ4v) is 0.331.